The predicted molar refractivity (Wildman–Crippen MR) is 100 cm³/mol. The molecule has 0 saturated heterocycles. The second kappa shape index (κ2) is 7.15. The zero-order valence-corrected chi connectivity index (χ0v) is 15.7. The van der Waals surface area contributed by atoms with Gasteiger partial charge in [-0.05, 0) is 47.8 Å². The lowest BCUT2D eigenvalue weighted by Crippen LogP contribution is -2.34. The topological polar surface area (TPSA) is 37.4 Å². The van der Waals surface area contributed by atoms with E-state index in [1.165, 1.54) is 33.7 Å². The van der Waals surface area contributed by atoms with E-state index in [9.17, 15) is 9.59 Å². The van der Waals surface area contributed by atoms with Gasteiger partial charge in [0.25, 0.3) is 11.8 Å². The minimum absolute atomic E-state index is 0.0937. The molecule has 0 bridgehead atoms. The summed E-state index contributed by atoms with van der Waals surface area (Å²) in [6.45, 7) is 6.66. The van der Waals surface area contributed by atoms with Gasteiger partial charge in [0, 0.05) is 12.2 Å². The molecular formula is C22H29NO2. The monoisotopic (exact) mass is 339 g/mol. The van der Waals surface area contributed by atoms with E-state index < -0.39 is 0 Å². The van der Waals surface area contributed by atoms with Crippen LogP contribution in [0.2, 0.25) is 0 Å². The number of hydrogen-bond acceptors (Lipinski definition) is 2. The molecule has 3 rings (SSSR count). The summed E-state index contributed by atoms with van der Waals surface area (Å²) in [5, 5.41) is 0. The van der Waals surface area contributed by atoms with Crippen molar-refractivity contribution < 1.29 is 9.59 Å². The molecule has 1 aromatic carbocycles. The SMILES string of the molecule is CCCc1ccc2c(c1)C(CCC)(CCC)C[C@@H]2N1C(=O)C=CC1=O. The summed E-state index contributed by atoms with van der Waals surface area (Å²) in [6, 6.07) is 6.61. The van der Waals surface area contributed by atoms with Crippen LogP contribution in [0.15, 0.2) is 30.4 Å². The molecule has 1 aliphatic carbocycles. The highest BCUT2D eigenvalue weighted by molar-refractivity contribution is 6.13. The summed E-state index contributed by atoms with van der Waals surface area (Å²) in [7, 11) is 0. The second-order valence-corrected chi connectivity index (χ2v) is 7.55. The molecule has 1 atom stereocenters. The molecule has 3 heteroatoms. The van der Waals surface area contributed by atoms with E-state index in [0.717, 1.165) is 44.9 Å². The normalized spacial score (nSPS) is 21.2. The zero-order valence-electron chi connectivity index (χ0n) is 15.7. The number of imide groups is 1. The second-order valence-electron chi connectivity index (χ2n) is 7.55. The summed E-state index contributed by atoms with van der Waals surface area (Å²) < 4.78 is 0. The van der Waals surface area contributed by atoms with Gasteiger partial charge in [0.15, 0.2) is 0 Å². The van der Waals surface area contributed by atoms with Crippen LogP contribution in [0, 0.1) is 0 Å². The van der Waals surface area contributed by atoms with Gasteiger partial charge in [0.05, 0.1) is 6.04 Å². The Hall–Kier alpha value is -1.90. The number of amides is 2. The Bertz CT molecular complexity index is 680. The highest BCUT2D eigenvalue weighted by Gasteiger charge is 2.47. The van der Waals surface area contributed by atoms with Crippen LogP contribution >= 0.6 is 0 Å². The van der Waals surface area contributed by atoms with E-state index >= 15 is 0 Å². The molecular weight excluding hydrogens is 310 g/mol. The minimum atomic E-state index is -0.164. The fourth-order valence-electron chi connectivity index (χ4n) is 4.89. The molecule has 1 aromatic rings. The maximum Gasteiger partial charge on any atom is 0.254 e. The Morgan fingerprint density at radius 2 is 1.64 bits per heavy atom. The number of carbonyl (C=O) groups excluding carboxylic acids is 2. The lowest BCUT2D eigenvalue weighted by Gasteiger charge is -2.31. The largest absolute Gasteiger partial charge is 0.269 e. The van der Waals surface area contributed by atoms with Gasteiger partial charge >= 0.3 is 0 Å². The number of rotatable bonds is 7. The van der Waals surface area contributed by atoms with Crippen molar-refractivity contribution >= 4 is 11.8 Å². The van der Waals surface area contributed by atoms with Gasteiger partial charge in [-0.1, -0.05) is 58.2 Å². The van der Waals surface area contributed by atoms with Crippen LogP contribution in [0.25, 0.3) is 0 Å². The third-order valence-electron chi connectivity index (χ3n) is 5.78. The number of fused-ring (bicyclic) bond motifs is 1. The van der Waals surface area contributed by atoms with E-state index in [-0.39, 0.29) is 23.3 Å². The summed E-state index contributed by atoms with van der Waals surface area (Å²) in [5.41, 5.74) is 4.04. The quantitative estimate of drug-likeness (QED) is 0.666. The molecule has 0 fully saturated rings. The van der Waals surface area contributed by atoms with Gasteiger partial charge in [0.2, 0.25) is 0 Å². The molecule has 0 radical (unpaired) electrons. The van der Waals surface area contributed by atoms with Crippen molar-refractivity contribution in [3.8, 4) is 0 Å². The molecule has 134 valence electrons. The molecule has 1 heterocycles. The fraction of sp³-hybridized carbons (Fsp3) is 0.545. The maximum atomic E-state index is 12.3. The molecule has 25 heavy (non-hydrogen) atoms. The first-order chi connectivity index (χ1) is 12.1. The average molecular weight is 339 g/mol. The van der Waals surface area contributed by atoms with Crippen molar-refractivity contribution in [2.75, 3.05) is 0 Å². The minimum Gasteiger partial charge on any atom is -0.269 e. The van der Waals surface area contributed by atoms with Gasteiger partial charge in [-0.15, -0.1) is 0 Å². The Balaban J connectivity index is 2.08. The number of benzene rings is 1. The lowest BCUT2D eigenvalue weighted by molar-refractivity contribution is -0.139. The van der Waals surface area contributed by atoms with Gasteiger partial charge < -0.3 is 0 Å². The van der Waals surface area contributed by atoms with Crippen LogP contribution in [0.5, 0.6) is 0 Å². The third kappa shape index (κ3) is 3.05. The standard InChI is InChI=1S/C22H29NO2/c1-4-7-16-8-9-17-18(14-16)22(12-5-2,13-6-3)15-19(17)23-20(24)10-11-21(23)25/h8-11,14,19H,4-7,12-13,15H2,1-3H3/t19-/m0/s1. The molecule has 0 spiro atoms. The van der Waals surface area contributed by atoms with Crippen LogP contribution in [0.1, 0.15) is 82.0 Å². The highest BCUT2D eigenvalue weighted by atomic mass is 16.2. The third-order valence-corrected chi connectivity index (χ3v) is 5.78. The Morgan fingerprint density at radius 1 is 1.00 bits per heavy atom. The average Bonchev–Trinajstić information content (AvgIpc) is 3.07. The molecule has 0 saturated carbocycles. The van der Waals surface area contributed by atoms with E-state index in [0.29, 0.717) is 0 Å². The predicted octanol–water partition coefficient (Wildman–Crippen LogP) is 4.85. The number of aryl methyl sites for hydroxylation is 1. The van der Waals surface area contributed by atoms with Gasteiger partial charge in [-0.3, -0.25) is 14.5 Å². The van der Waals surface area contributed by atoms with Crippen LogP contribution < -0.4 is 0 Å². The van der Waals surface area contributed by atoms with E-state index in [1.54, 1.807) is 0 Å². The van der Waals surface area contributed by atoms with Gasteiger partial charge in [-0.2, -0.15) is 0 Å². The first-order valence-corrected chi connectivity index (χ1v) is 9.74. The van der Waals surface area contributed by atoms with Crippen molar-refractivity contribution in [3.63, 3.8) is 0 Å². The van der Waals surface area contributed by atoms with Crippen LogP contribution in [0.4, 0.5) is 0 Å². The molecule has 2 amide bonds. The molecule has 2 aliphatic rings. The first-order valence-electron chi connectivity index (χ1n) is 9.74. The van der Waals surface area contributed by atoms with Gasteiger partial charge in [-0.25, -0.2) is 0 Å². The Labute approximate surface area is 151 Å². The fourth-order valence-corrected chi connectivity index (χ4v) is 4.89. The summed E-state index contributed by atoms with van der Waals surface area (Å²) >= 11 is 0. The van der Waals surface area contributed by atoms with Crippen LogP contribution in [-0.2, 0) is 21.4 Å². The van der Waals surface area contributed by atoms with E-state index in [1.807, 2.05) is 0 Å². The van der Waals surface area contributed by atoms with Crippen LogP contribution in [-0.4, -0.2) is 16.7 Å². The summed E-state index contributed by atoms with van der Waals surface area (Å²) in [6.07, 6.45) is 10.4. The smallest absolute Gasteiger partial charge is 0.254 e. The Morgan fingerprint density at radius 3 is 2.20 bits per heavy atom. The lowest BCUT2D eigenvalue weighted by atomic mass is 9.74. The number of nitrogens with zero attached hydrogens (tertiary/aromatic N) is 1. The zero-order chi connectivity index (χ0) is 18.0. The van der Waals surface area contributed by atoms with Crippen LogP contribution in [0.3, 0.4) is 0 Å². The molecule has 0 unspecified atom stereocenters. The maximum absolute atomic E-state index is 12.3. The van der Waals surface area contributed by atoms with Crippen molar-refractivity contribution in [3.05, 3.63) is 47.0 Å². The van der Waals surface area contributed by atoms with E-state index in [2.05, 4.69) is 39.0 Å². The van der Waals surface area contributed by atoms with E-state index in [4.69, 9.17) is 0 Å². The van der Waals surface area contributed by atoms with Crippen molar-refractivity contribution in [1.29, 1.82) is 0 Å². The van der Waals surface area contributed by atoms with Gasteiger partial charge in [0.1, 0.15) is 0 Å². The Kier molecular flexibility index (Phi) is 5.12. The molecule has 0 N–H and O–H groups in total. The van der Waals surface area contributed by atoms with Crippen molar-refractivity contribution in [2.24, 2.45) is 0 Å². The highest BCUT2D eigenvalue weighted by Crippen LogP contribution is 2.53. The summed E-state index contributed by atoms with van der Waals surface area (Å²) in [5.74, 6) is -0.329. The van der Waals surface area contributed by atoms with Crippen molar-refractivity contribution in [2.45, 2.75) is 77.2 Å². The first kappa shape index (κ1) is 17.9. The van der Waals surface area contributed by atoms with Crippen molar-refractivity contribution in [1.82, 2.24) is 4.90 Å². The number of carbonyl (C=O) groups is 2. The molecule has 3 nitrogen and oxygen atoms in total. The number of hydrogen-bond donors (Lipinski definition) is 0. The molecule has 0 aromatic heterocycles. The summed E-state index contributed by atoms with van der Waals surface area (Å²) in [4.78, 5) is 26.1. The molecule has 1 aliphatic heterocycles.